The van der Waals surface area contributed by atoms with Crippen LogP contribution in [0.3, 0.4) is 0 Å². The minimum absolute atomic E-state index is 0.0615. The van der Waals surface area contributed by atoms with Gasteiger partial charge in [-0.2, -0.15) is 0 Å². The van der Waals surface area contributed by atoms with Gasteiger partial charge in [-0.05, 0) is 109 Å². The molecule has 0 rings (SSSR count). The number of ether oxygens (including phenoxy) is 3. The second kappa shape index (κ2) is 57.1. The first kappa shape index (κ1) is 71.9. The molecule has 0 spiro atoms. The summed E-state index contributed by atoms with van der Waals surface area (Å²) in [6, 6.07) is 0. The number of carbonyl (C=O) groups is 3. The van der Waals surface area contributed by atoms with Crippen molar-refractivity contribution >= 4 is 25.7 Å². The van der Waals surface area contributed by atoms with Crippen LogP contribution in [0.5, 0.6) is 0 Å². The number of allylic oxidation sites excluding steroid dienone is 19. The SMILES string of the molecule is CC/C=C\C/C=C\C/C=C\C/C=C\C/C=C\CC(=O)OC(CO)COP(=O)(O)OCC(COC(=O)CCCCCCCCC/C=C\C/C=C\CCCCC)OC(=O)CCCCCCCCC/C=C\C/C=C\C/C=C\CC. The van der Waals surface area contributed by atoms with Gasteiger partial charge in [0.2, 0.25) is 0 Å². The molecular weight excluding hydrogens is 976 g/mol. The number of hydrogen-bond acceptors (Lipinski definition) is 10. The van der Waals surface area contributed by atoms with Crippen molar-refractivity contribution in [2.24, 2.45) is 0 Å². The van der Waals surface area contributed by atoms with E-state index in [4.69, 9.17) is 23.3 Å². The van der Waals surface area contributed by atoms with E-state index in [2.05, 4.69) is 118 Å². The van der Waals surface area contributed by atoms with Crippen LogP contribution >= 0.6 is 7.82 Å². The molecule has 3 atom stereocenters. The fourth-order valence-corrected chi connectivity index (χ4v) is 8.26. The van der Waals surface area contributed by atoms with Crippen molar-refractivity contribution in [3.05, 3.63) is 122 Å². The van der Waals surface area contributed by atoms with Gasteiger partial charge in [0.15, 0.2) is 6.10 Å². The Labute approximate surface area is 462 Å². The lowest BCUT2D eigenvalue weighted by atomic mass is 10.1. The quantitative estimate of drug-likeness (QED) is 0.0197. The Morgan fingerprint density at radius 3 is 1.16 bits per heavy atom. The molecule has 0 aromatic heterocycles. The Balaban J connectivity index is 4.84. The molecule has 0 heterocycles. The number of hydrogen-bond donors (Lipinski definition) is 2. The standard InChI is InChI=1S/C64H105O11P/c1-4-7-10-13-16-19-22-25-28-30-33-35-38-41-44-47-50-53-62(66)71-57-61(75-64(68)55-52-49-46-43-40-37-34-31-29-26-23-20-17-14-11-8-5-2)59-73-76(69,70)72-58-60(56-65)74-63(67)54-51-48-45-42-39-36-32-27-24-21-18-15-12-9-6-3/h8-9,11-12,16-21,25-29,32,39,42,48,51,60-61,65H,4-7,10,13-15,22-24,30-31,33-38,40-41,43-47,49-50,52-59H2,1-3H3,(H,69,70)/b11-8-,12-9-,19-16-,20-17-,21-18-,28-25-,29-26-,32-27-,42-39-,51-48-. The molecule has 0 aliphatic carbocycles. The van der Waals surface area contributed by atoms with E-state index >= 15 is 0 Å². The Morgan fingerprint density at radius 2 is 0.737 bits per heavy atom. The average Bonchev–Trinajstić information content (AvgIpc) is 3.41. The Hall–Kier alpha value is -4.12. The first-order chi connectivity index (χ1) is 37.2. The second-order valence-electron chi connectivity index (χ2n) is 19.1. The van der Waals surface area contributed by atoms with Crippen LogP contribution in [0, 0.1) is 0 Å². The summed E-state index contributed by atoms with van der Waals surface area (Å²) in [5.74, 6) is -1.63. The highest BCUT2D eigenvalue weighted by atomic mass is 31.2. The van der Waals surface area contributed by atoms with E-state index in [9.17, 15) is 28.9 Å². The molecule has 0 bridgehead atoms. The highest BCUT2D eigenvalue weighted by Gasteiger charge is 2.28. The summed E-state index contributed by atoms with van der Waals surface area (Å²) in [5, 5.41) is 9.80. The first-order valence-corrected chi connectivity index (χ1v) is 30.9. The smallest absolute Gasteiger partial charge is 0.462 e. The van der Waals surface area contributed by atoms with Crippen LogP contribution in [0.4, 0.5) is 0 Å². The van der Waals surface area contributed by atoms with E-state index in [0.717, 1.165) is 128 Å². The van der Waals surface area contributed by atoms with Gasteiger partial charge in [-0.15, -0.1) is 0 Å². The molecule has 0 saturated heterocycles. The molecule has 0 aromatic rings. The maximum Gasteiger partial charge on any atom is 0.472 e. The molecule has 0 radical (unpaired) electrons. The van der Waals surface area contributed by atoms with E-state index in [1.165, 1.54) is 38.5 Å². The topological polar surface area (TPSA) is 155 Å². The van der Waals surface area contributed by atoms with E-state index in [1.807, 2.05) is 18.2 Å². The third-order valence-electron chi connectivity index (χ3n) is 11.9. The van der Waals surface area contributed by atoms with Crippen molar-refractivity contribution in [1.82, 2.24) is 0 Å². The van der Waals surface area contributed by atoms with E-state index < -0.39 is 57.8 Å². The normalized spacial score (nSPS) is 14.2. The van der Waals surface area contributed by atoms with Crippen molar-refractivity contribution in [3.63, 3.8) is 0 Å². The monoisotopic (exact) mass is 1080 g/mol. The zero-order valence-corrected chi connectivity index (χ0v) is 48.6. The summed E-state index contributed by atoms with van der Waals surface area (Å²) in [6.45, 7) is 4.26. The molecule has 76 heavy (non-hydrogen) atoms. The van der Waals surface area contributed by atoms with Crippen molar-refractivity contribution in [2.75, 3.05) is 26.4 Å². The number of carbonyl (C=O) groups excluding carboxylic acids is 3. The molecule has 0 fully saturated rings. The van der Waals surface area contributed by atoms with Gasteiger partial charge in [-0.1, -0.05) is 219 Å². The molecule has 2 N–H and O–H groups in total. The van der Waals surface area contributed by atoms with Crippen molar-refractivity contribution < 1.29 is 52.2 Å². The number of phosphoric acid groups is 1. The van der Waals surface area contributed by atoms with Crippen LogP contribution in [0.2, 0.25) is 0 Å². The van der Waals surface area contributed by atoms with Gasteiger partial charge in [0.25, 0.3) is 0 Å². The minimum Gasteiger partial charge on any atom is -0.462 e. The largest absolute Gasteiger partial charge is 0.472 e. The molecule has 0 saturated carbocycles. The summed E-state index contributed by atoms with van der Waals surface area (Å²) in [7, 11) is -4.79. The Kier molecular flexibility index (Phi) is 54.0. The molecule has 12 heteroatoms. The van der Waals surface area contributed by atoms with Gasteiger partial charge in [0.05, 0.1) is 26.2 Å². The third kappa shape index (κ3) is 54.7. The molecule has 0 amide bonds. The average molecular weight is 1080 g/mol. The lowest BCUT2D eigenvalue weighted by Gasteiger charge is -2.21. The molecule has 0 aliphatic heterocycles. The van der Waals surface area contributed by atoms with Gasteiger partial charge in [-0.25, -0.2) is 4.57 Å². The number of unbranched alkanes of at least 4 members (excludes halogenated alkanes) is 17. The van der Waals surface area contributed by atoms with E-state index in [1.54, 1.807) is 6.08 Å². The summed E-state index contributed by atoms with van der Waals surface area (Å²) in [5.41, 5.74) is 0. The van der Waals surface area contributed by atoms with Crippen LogP contribution in [0.1, 0.15) is 226 Å². The predicted molar refractivity (Wildman–Crippen MR) is 316 cm³/mol. The van der Waals surface area contributed by atoms with Crippen LogP contribution in [-0.4, -0.2) is 66.5 Å². The van der Waals surface area contributed by atoms with Crippen molar-refractivity contribution in [3.8, 4) is 0 Å². The van der Waals surface area contributed by atoms with Crippen LogP contribution in [-0.2, 0) is 42.2 Å². The molecule has 0 aromatic carbocycles. The Morgan fingerprint density at radius 1 is 0.395 bits per heavy atom. The third-order valence-corrected chi connectivity index (χ3v) is 12.8. The van der Waals surface area contributed by atoms with Gasteiger partial charge < -0.3 is 24.2 Å². The second-order valence-corrected chi connectivity index (χ2v) is 20.5. The highest BCUT2D eigenvalue weighted by Crippen LogP contribution is 2.43. The Bertz CT molecular complexity index is 1740. The zero-order valence-electron chi connectivity index (χ0n) is 47.7. The minimum atomic E-state index is -4.79. The number of phosphoric ester groups is 1. The van der Waals surface area contributed by atoms with E-state index in [0.29, 0.717) is 19.3 Å². The summed E-state index contributed by atoms with van der Waals surface area (Å²) in [4.78, 5) is 48.5. The summed E-state index contributed by atoms with van der Waals surface area (Å²) < 4.78 is 39.4. The highest BCUT2D eigenvalue weighted by molar-refractivity contribution is 7.47. The first-order valence-electron chi connectivity index (χ1n) is 29.4. The fourth-order valence-electron chi connectivity index (χ4n) is 7.48. The molecular formula is C64H105O11P. The molecule has 0 aliphatic rings. The number of esters is 3. The van der Waals surface area contributed by atoms with Crippen LogP contribution in [0.15, 0.2) is 122 Å². The lowest BCUT2D eigenvalue weighted by Crippen LogP contribution is -2.30. The van der Waals surface area contributed by atoms with Crippen LogP contribution < -0.4 is 0 Å². The van der Waals surface area contributed by atoms with Gasteiger partial charge >= 0.3 is 25.7 Å². The van der Waals surface area contributed by atoms with Crippen molar-refractivity contribution in [2.45, 2.75) is 238 Å². The zero-order chi connectivity index (χ0) is 55.5. The molecule has 3 unspecified atom stereocenters. The summed E-state index contributed by atoms with van der Waals surface area (Å²) in [6.07, 6.45) is 70.4. The number of aliphatic hydroxyl groups excluding tert-OH is 1. The van der Waals surface area contributed by atoms with E-state index in [-0.39, 0.29) is 25.9 Å². The lowest BCUT2D eigenvalue weighted by molar-refractivity contribution is -0.161. The maximum atomic E-state index is 12.9. The number of aliphatic hydroxyl groups is 1. The fraction of sp³-hybridized carbons (Fsp3) is 0.641. The summed E-state index contributed by atoms with van der Waals surface area (Å²) >= 11 is 0. The van der Waals surface area contributed by atoms with Gasteiger partial charge in [0.1, 0.15) is 12.7 Å². The van der Waals surface area contributed by atoms with Gasteiger partial charge in [-0.3, -0.25) is 23.4 Å². The molecule has 432 valence electrons. The van der Waals surface area contributed by atoms with Gasteiger partial charge in [0, 0.05) is 12.8 Å². The van der Waals surface area contributed by atoms with Crippen LogP contribution in [0.25, 0.3) is 0 Å². The number of rotatable bonds is 53. The molecule has 11 nitrogen and oxygen atoms in total. The maximum absolute atomic E-state index is 12.9. The van der Waals surface area contributed by atoms with Crippen molar-refractivity contribution in [1.29, 1.82) is 0 Å². The predicted octanol–water partition coefficient (Wildman–Crippen LogP) is 17.6.